The van der Waals surface area contributed by atoms with Gasteiger partial charge in [0.15, 0.2) is 11.7 Å². The summed E-state index contributed by atoms with van der Waals surface area (Å²) >= 11 is 3.00. The average molecular weight is 227 g/mol. The molecule has 0 spiro atoms. The standard InChI is InChI=1S/C7H6BrF3/c8-3-4-1-6(10)7(11)2-5(4)9/h1-2,4-5H,3H2. The highest BCUT2D eigenvalue weighted by molar-refractivity contribution is 9.09. The summed E-state index contributed by atoms with van der Waals surface area (Å²) in [4.78, 5) is 0. The van der Waals surface area contributed by atoms with Gasteiger partial charge in [0.2, 0.25) is 0 Å². The summed E-state index contributed by atoms with van der Waals surface area (Å²) in [5, 5.41) is 0.297. The lowest BCUT2D eigenvalue weighted by atomic mass is 10.0. The van der Waals surface area contributed by atoms with E-state index in [1.165, 1.54) is 0 Å². The molecule has 1 rings (SSSR count). The molecule has 2 atom stereocenters. The van der Waals surface area contributed by atoms with Crippen LogP contribution in [0.4, 0.5) is 13.2 Å². The van der Waals surface area contributed by atoms with Crippen LogP contribution in [0.25, 0.3) is 0 Å². The van der Waals surface area contributed by atoms with Crippen molar-refractivity contribution in [3.8, 4) is 0 Å². The number of halogens is 4. The molecule has 0 aromatic carbocycles. The molecule has 0 saturated carbocycles. The minimum Gasteiger partial charge on any atom is -0.242 e. The van der Waals surface area contributed by atoms with Gasteiger partial charge < -0.3 is 0 Å². The Labute approximate surface area is 70.9 Å². The fourth-order valence-electron chi connectivity index (χ4n) is 0.832. The Bertz CT molecular complexity index is 210. The van der Waals surface area contributed by atoms with Crippen molar-refractivity contribution in [3.63, 3.8) is 0 Å². The van der Waals surface area contributed by atoms with Gasteiger partial charge in [-0.1, -0.05) is 15.9 Å². The predicted octanol–water partition coefficient (Wildman–Crippen LogP) is 3.06. The number of hydrogen-bond acceptors (Lipinski definition) is 0. The quantitative estimate of drug-likeness (QED) is 0.604. The van der Waals surface area contributed by atoms with Crippen molar-refractivity contribution in [3.05, 3.63) is 23.8 Å². The molecule has 0 heterocycles. The minimum absolute atomic E-state index is 0.297. The lowest BCUT2D eigenvalue weighted by molar-refractivity contribution is 0.321. The van der Waals surface area contributed by atoms with Crippen molar-refractivity contribution in [2.75, 3.05) is 5.33 Å². The second-order valence-electron chi connectivity index (χ2n) is 2.29. The first-order valence-electron chi connectivity index (χ1n) is 3.10. The second kappa shape index (κ2) is 3.43. The molecule has 2 unspecified atom stereocenters. The molecule has 0 aliphatic heterocycles. The smallest absolute Gasteiger partial charge is 0.157 e. The molecule has 62 valence electrons. The predicted molar refractivity (Wildman–Crippen MR) is 40.6 cm³/mol. The minimum atomic E-state index is -1.42. The van der Waals surface area contributed by atoms with E-state index in [4.69, 9.17) is 0 Å². The molecule has 0 aromatic rings. The normalized spacial score (nSPS) is 31.3. The van der Waals surface area contributed by atoms with E-state index in [0.29, 0.717) is 11.4 Å². The molecule has 0 amide bonds. The summed E-state index contributed by atoms with van der Waals surface area (Å²) in [5.41, 5.74) is 0. The first kappa shape index (κ1) is 8.84. The average Bonchev–Trinajstić information content (AvgIpc) is 1.97. The van der Waals surface area contributed by atoms with Gasteiger partial charge in [-0.2, -0.15) is 0 Å². The number of allylic oxidation sites excluding steroid dienone is 4. The van der Waals surface area contributed by atoms with Crippen molar-refractivity contribution in [2.45, 2.75) is 6.17 Å². The van der Waals surface area contributed by atoms with Crippen LogP contribution in [-0.4, -0.2) is 11.5 Å². The van der Waals surface area contributed by atoms with Crippen LogP contribution in [0.3, 0.4) is 0 Å². The van der Waals surface area contributed by atoms with Gasteiger partial charge in [0.25, 0.3) is 0 Å². The number of hydrogen-bond donors (Lipinski definition) is 0. The van der Waals surface area contributed by atoms with Crippen LogP contribution in [0, 0.1) is 5.92 Å². The van der Waals surface area contributed by atoms with E-state index < -0.39 is 23.7 Å². The van der Waals surface area contributed by atoms with Crippen molar-refractivity contribution in [1.82, 2.24) is 0 Å². The van der Waals surface area contributed by atoms with Crippen molar-refractivity contribution >= 4 is 15.9 Å². The fraction of sp³-hybridized carbons (Fsp3) is 0.429. The molecule has 1 aliphatic carbocycles. The molecule has 0 N–H and O–H groups in total. The van der Waals surface area contributed by atoms with Crippen LogP contribution in [-0.2, 0) is 0 Å². The van der Waals surface area contributed by atoms with E-state index in [2.05, 4.69) is 15.9 Å². The van der Waals surface area contributed by atoms with E-state index in [1.807, 2.05) is 0 Å². The molecular weight excluding hydrogens is 221 g/mol. The Kier molecular flexibility index (Phi) is 2.76. The molecular formula is C7H6BrF3. The lowest BCUT2D eigenvalue weighted by Gasteiger charge is -2.15. The zero-order chi connectivity index (χ0) is 8.43. The Hall–Kier alpha value is -0.250. The largest absolute Gasteiger partial charge is 0.242 e. The third-order valence-electron chi connectivity index (χ3n) is 1.48. The molecule has 0 fully saturated rings. The topological polar surface area (TPSA) is 0 Å². The molecule has 4 heteroatoms. The number of rotatable bonds is 1. The number of alkyl halides is 2. The summed E-state index contributed by atoms with van der Waals surface area (Å²) in [7, 11) is 0. The van der Waals surface area contributed by atoms with Crippen LogP contribution in [0.15, 0.2) is 23.8 Å². The summed E-state index contributed by atoms with van der Waals surface area (Å²) in [6.07, 6.45) is 0.185. The van der Waals surface area contributed by atoms with E-state index in [-0.39, 0.29) is 0 Å². The van der Waals surface area contributed by atoms with Gasteiger partial charge in [0.1, 0.15) is 6.17 Å². The SMILES string of the molecule is FC1=CC(F)C(CBr)C=C1F. The molecule has 0 nitrogen and oxygen atoms in total. The van der Waals surface area contributed by atoms with Gasteiger partial charge in [-0.05, 0) is 12.2 Å². The van der Waals surface area contributed by atoms with Crippen molar-refractivity contribution < 1.29 is 13.2 Å². The Balaban J connectivity index is 2.79. The van der Waals surface area contributed by atoms with Gasteiger partial charge in [0.05, 0.1) is 0 Å². The van der Waals surface area contributed by atoms with Gasteiger partial charge >= 0.3 is 0 Å². The molecule has 0 aromatic heterocycles. The highest BCUT2D eigenvalue weighted by atomic mass is 79.9. The van der Waals surface area contributed by atoms with Crippen LogP contribution < -0.4 is 0 Å². The molecule has 0 bridgehead atoms. The third kappa shape index (κ3) is 1.86. The fourth-order valence-corrected chi connectivity index (χ4v) is 1.38. The summed E-state index contributed by atoms with van der Waals surface area (Å²) in [6.45, 7) is 0. The highest BCUT2D eigenvalue weighted by Gasteiger charge is 2.23. The van der Waals surface area contributed by atoms with E-state index in [0.717, 1.165) is 6.08 Å². The summed E-state index contributed by atoms with van der Waals surface area (Å²) < 4.78 is 37.4. The maximum absolute atomic E-state index is 12.7. The van der Waals surface area contributed by atoms with E-state index in [1.54, 1.807) is 0 Å². The Morgan fingerprint density at radius 3 is 2.36 bits per heavy atom. The van der Waals surface area contributed by atoms with E-state index >= 15 is 0 Å². The van der Waals surface area contributed by atoms with E-state index in [9.17, 15) is 13.2 Å². The van der Waals surface area contributed by atoms with Crippen molar-refractivity contribution in [1.29, 1.82) is 0 Å². The van der Waals surface area contributed by atoms with Gasteiger partial charge in [-0.15, -0.1) is 0 Å². The second-order valence-corrected chi connectivity index (χ2v) is 2.94. The first-order chi connectivity index (χ1) is 5.15. The van der Waals surface area contributed by atoms with Gasteiger partial charge in [-0.3, -0.25) is 0 Å². The van der Waals surface area contributed by atoms with Crippen LogP contribution >= 0.6 is 15.9 Å². The lowest BCUT2D eigenvalue weighted by Crippen LogP contribution is -2.16. The van der Waals surface area contributed by atoms with Gasteiger partial charge in [-0.25, -0.2) is 13.2 Å². The first-order valence-corrected chi connectivity index (χ1v) is 4.22. The zero-order valence-electron chi connectivity index (χ0n) is 5.53. The Morgan fingerprint density at radius 2 is 1.82 bits per heavy atom. The molecule has 0 radical (unpaired) electrons. The molecule has 1 aliphatic rings. The Morgan fingerprint density at radius 1 is 1.27 bits per heavy atom. The molecule has 0 saturated heterocycles. The zero-order valence-corrected chi connectivity index (χ0v) is 7.11. The van der Waals surface area contributed by atoms with Crippen LogP contribution in [0.2, 0.25) is 0 Å². The maximum atomic E-state index is 12.7. The van der Waals surface area contributed by atoms with Crippen molar-refractivity contribution in [2.24, 2.45) is 5.92 Å². The molecule has 11 heavy (non-hydrogen) atoms. The maximum Gasteiger partial charge on any atom is 0.157 e. The highest BCUT2D eigenvalue weighted by Crippen LogP contribution is 2.27. The monoisotopic (exact) mass is 226 g/mol. The summed E-state index contributed by atoms with van der Waals surface area (Å²) in [5.74, 6) is -2.66. The van der Waals surface area contributed by atoms with Crippen LogP contribution in [0.1, 0.15) is 0 Å². The van der Waals surface area contributed by atoms with Crippen LogP contribution in [0.5, 0.6) is 0 Å². The third-order valence-corrected chi connectivity index (χ3v) is 2.23. The summed E-state index contributed by atoms with van der Waals surface area (Å²) in [6, 6.07) is 0. The van der Waals surface area contributed by atoms with Gasteiger partial charge in [0, 0.05) is 11.2 Å².